The van der Waals surface area contributed by atoms with Crippen molar-refractivity contribution in [3.05, 3.63) is 101 Å². The van der Waals surface area contributed by atoms with Crippen molar-refractivity contribution in [1.82, 2.24) is 15.2 Å². The molecule has 172 valence electrons. The van der Waals surface area contributed by atoms with Crippen LogP contribution in [-0.4, -0.2) is 26.3 Å². The largest absolute Gasteiger partial charge is 0.478 e. The Morgan fingerprint density at radius 1 is 1.06 bits per heavy atom. The summed E-state index contributed by atoms with van der Waals surface area (Å²) in [5.41, 5.74) is 3.31. The lowest BCUT2D eigenvalue weighted by atomic mass is 9.86. The summed E-state index contributed by atoms with van der Waals surface area (Å²) >= 11 is 0. The van der Waals surface area contributed by atoms with Gasteiger partial charge in [-0.15, -0.1) is 0 Å². The summed E-state index contributed by atoms with van der Waals surface area (Å²) in [6.45, 7) is 1.81. The van der Waals surface area contributed by atoms with Gasteiger partial charge in [0.05, 0.1) is 17.3 Å². The number of rotatable bonds is 6. The molecule has 0 saturated heterocycles. The third-order valence-corrected chi connectivity index (χ3v) is 5.45. The number of carbonyl (C=O) groups is 1. The van der Waals surface area contributed by atoms with Gasteiger partial charge in [-0.25, -0.2) is 4.79 Å². The van der Waals surface area contributed by atoms with E-state index in [-0.39, 0.29) is 5.56 Å². The van der Waals surface area contributed by atoms with Gasteiger partial charge >= 0.3 is 12.1 Å². The molecule has 2 aromatic heterocycles. The molecule has 0 atom stereocenters. The second-order valence-corrected chi connectivity index (χ2v) is 7.59. The molecule has 0 aliphatic heterocycles. The number of halogens is 3. The highest BCUT2D eigenvalue weighted by molar-refractivity contribution is 6.01. The Morgan fingerprint density at radius 3 is 2.47 bits per heavy atom. The van der Waals surface area contributed by atoms with Crippen LogP contribution >= 0.6 is 0 Å². The van der Waals surface area contributed by atoms with Gasteiger partial charge in [0, 0.05) is 29.4 Å². The summed E-state index contributed by atoms with van der Waals surface area (Å²) in [7, 11) is 0. The Balaban J connectivity index is 1.97. The number of alkyl halides is 3. The van der Waals surface area contributed by atoms with Crippen LogP contribution in [0.4, 0.5) is 13.2 Å². The summed E-state index contributed by atoms with van der Waals surface area (Å²) in [5.74, 6) is -1.07. The van der Waals surface area contributed by atoms with E-state index in [0.717, 1.165) is 34.8 Å². The molecule has 0 amide bonds. The van der Waals surface area contributed by atoms with E-state index in [1.807, 2.05) is 25.1 Å². The van der Waals surface area contributed by atoms with Crippen LogP contribution in [0.3, 0.4) is 0 Å². The second-order valence-electron chi connectivity index (χ2n) is 7.59. The number of nitrogens with one attached hydrogen (secondary N) is 1. The maximum atomic E-state index is 13.9. The molecule has 34 heavy (non-hydrogen) atoms. The van der Waals surface area contributed by atoms with Crippen LogP contribution in [0.25, 0.3) is 28.1 Å². The minimum atomic E-state index is -4.54. The number of allylic oxidation sites excluding steroid dienone is 1. The van der Waals surface area contributed by atoms with E-state index in [4.69, 9.17) is 5.11 Å². The van der Waals surface area contributed by atoms with E-state index in [2.05, 4.69) is 15.2 Å². The van der Waals surface area contributed by atoms with Crippen LogP contribution in [0.5, 0.6) is 0 Å². The minimum Gasteiger partial charge on any atom is -0.478 e. The van der Waals surface area contributed by atoms with Crippen molar-refractivity contribution < 1.29 is 23.1 Å². The smallest absolute Gasteiger partial charge is 0.417 e. The molecule has 4 rings (SSSR count). The molecule has 2 aromatic carbocycles. The fourth-order valence-electron chi connectivity index (χ4n) is 3.93. The fraction of sp³-hybridized carbons (Fsp3) is 0.115. The first kappa shape index (κ1) is 23.0. The Hall–Kier alpha value is -4.20. The number of pyridine rings is 1. The number of hydrogen-bond donors (Lipinski definition) is 2. The van der Waals surface area contributed by atoms with Gasteiger partial charge < -0.3 is 5.11 Å². The second kappa shape index (κ2) is 9.35. The van der Waals surface area contributed by atoms with Gasteiger partial charge in [-0.3, -0.25) is 10.1 Å². The zero-order valence-electron chi connectivity index (χ0n) is 18.1. The van der Waals surface area contributed by atoms with Crippen molar-refractivity contribution in [2.24, 2.45) is 0 Å². The number of aliphatic carboxylic acids is 1. The minimum absolute atomic E-state index is 0.0228. The van der Waals surface area contributed by atoms with E-state index >= 15 is 0 Å². The molecule has 8 heteroatoms. The quantitative estimate of drug-likeness (QED) is 0.323. The summed E-state index contributed by atoms with van der Waals surface area (Å²) in [5, 5.41) is 16.6. The molecule has 0 aliphatic rings. The van der Waals surface area contributed by atoms with Gasteiger partial charge in [0.15, 0.2) is 0 Å². The maximum absolute atomic E-state index is 13.9. The van der Waals surface area contributed by atoms with Crippen LogP contribution in [0.15, 0.2) is 73.2 Å². The third-order valence-electron chi connectivity index (χ3n) is 5.45. The number of carboxylic acids is 1. The molecule has 2 N–H and O–H groups in total. The van der Waals surface area contributed by atoms with Crippen molar-refractivity contribution in [2.45, 2.75) is 19.5 Å². The lowest BCUT2D eigenvalue weighted by Gasteiger charge is -2.19. The molecule has 0 aliphatic carbocycles. The highest BCUT2D eigenvalue weighted by Gasteiger charge is 2.34. The summed E-state index contributed by atoms with van der Waals surface area (Å²) in [6, 6.07) is 13.5. The third kappa shape index (κ3) is 4.76. The van der Waals surface area contributed by atoms with E-state index in [0.29, 0.717) is 28.7 Å². The molecular formula is C26H20F3N3O2. The molecule has 0 radical (unpaired) electrons. The van der Waals surface area contributed by atoms with Gasteiger partial charge in [0.25, 0.3) is 0 Å². The highest BCUT2D eigenvalue weighted by atomic mass is 19.4. The average molecular weight is 463 g/mol. The lowest BCUT2D eigenvalue weighted by molar-refractivity contribution is -0.138. The zero-order valence-corrected chi connectivity index (χ0v) is 18.1. The van der Waals surface area contributed by atoms with E-state index in [1.54, 1.807) is 30.5 Å². The van der Waals surface area contributed by atoms with E-state index in [1.165, 1.54) is 12.3 Å². The topological polar surface area (TPSA) is 78.9 Å². The van der Waals surface area contributed by atoms with Crippen molar-refractivity contribution in [3.63, 3.8) is 0 Å². The number of nitrogens with zero attached hydrogens (tertiary/aromatic N) is 2. The predicted octanol–water partition coefficient (Wildman–Crippen LogP) is 6.44. The van der Waals surface area contributed by atoms with Crippen molar-refractivity contribution >= 4 is 34.1 Å². The predicted molar refractivity (Wildman–Crippen MR) is 125 cm³/mol. The van der Waals surface area contributed by atoms with Crippen LogP contribution in [0, 0.1) is 0 Å². The summed E-state index contributed by atoms with van der Waals surface area (Å²) in [4.78, 5) is 14.8. The number of aromatic nitrogens is 3. The van der Waals surface area contributed by atoms with Crippen LogP contribution in [0.1, 0.15) is 41.2 Å². The number of aromatic amines is 1. The zero-order chi connectivity index (χ0) is 24.3. The summed E-state index contributed by atoms with van der Waals surface area (Å²) in [6.07, 6.45) is 2.32. The first-order valence-corrected chi connectivity index (χ1v) is 10.5. The molecule has 0 fully saturated rings. The van der Waals surface area contributed by atoms with Crippen molar-refractivity contribution in [1.29, 1.82) is 0 Å². The van der Waals surface area contributed by atoms with Gasteiger partial charge in [0.1, 0.15) is 0 Å². The van der Waals surface area contributed by atoms with Crippen molar-refractivity contribution in [3.8, 4) is 0 Å². The Kier molecular flexibility index (Phi) is 6.32. The van der Waals surface area contributed by atoms with Crippen molar-refractivity contribution in [2.75, 3.05) is 0 Å². The van der Waals surface area contributed by atoms with Gasteiger partial charge in [0.2, 0.25) is 0 Å². The Labute approximate surface area is 193 Å². The Bertz CT molecular complexity index is 1400. The first-order chi connectivity index (χ1) is 16.3. The number of benzene rings is 2. The van der Waals surface area contributed by atoms with Gasteiger partial charge in [-0.05, 0) is 58.5 Å². The van der Waals surface area contributed by atoms with Crippen LogP contribution < -0.4 is 0 Å². The maximum Gasteiger partial charge on any atom is 0.417 e. The number of carboxylic acid groups (broad SMARTS) is 1. The number of fused-ring (bicyclic) bond motifs is 1. The molecule has 0 spiro atoms. The van der Waals surface area contributed by atoms with Crippen LogP contribution in [0.2, 0.25) is 0 Å². The van der Waals surface area contributed by atoms with Gasteiger partial charge in [-0.1, -0.05) is 37.3 Å². The fourth-order valence-corrected chi connectivity index (χ4v) is 3.93. The first-order valence-electron chi connectivity index (χ1n) is 10.5. The number of H-pyrrole nitrogens is 1. The molecule has 4 aromatic rings. The SMILES string of the molecule is CC/C(=C(/c1ccc(/C=C/C(=O)O)cc1)c1ccc2[nH]ncc2c1)c1cnccc1C(F)(F)F. The molecular weight excluding hydrogens is 443 g/mol. The Morgan fingerprint density at radius 2 is 1.79 bits per heavy atom. The van der Waals surface area contributed by atoms with E-state index in [9.17, 15) is 18.0 Å². The molecule has 0 unspecified atom stereocenters. The normalized spacial score (nSPS) is 12.8. The molecule has 0 saturated carbocycles. The monoisotopic (exact) mass is 463 g/mol. The molecule has 0 bridgehead atoms. The highest BCUT2D eigenvalue weighted by Crippen LogP contribution is 2.40. The standard InChI is InChI=1S/C26H20F3N3O2/c1-2-20(21-15-30-12-11-22(21)26(27,28)29)25(18-8-9-23-19(13-18)14-31-32-23)17-6-3-16(4-7-17)5-10-24(33)34/h3-15H,2H2,1H3,(H,31,32)(H,33,34)/b10-5+,25-20+. The van der Waals surface area contributed by atoms with Crippen LogP contribution in [-0.2, 0) is 11.0 Å². The van der Waals surface area contributed by atoms with Gasteiger partial charge in [-0.2, -0.15) is 18.3 Å². The summed E-state index contributed by atoms with van der Waals surface area (Å²) < 4.78 is 41.6. The molecule has 5 nitrogen and oxygen atoms in total. The molecule has 2 heterocycles. The average Bonchev–Trinajstić information content (AvgIpc) is 3.29. The van der Waals surface area contributed by atoms with E-state index < -0.39 is 17.7 Å². The number of hydrogen-bond acceptors (Lipinski definition) is 3. The lowest BCUT2D eigenvalue weighted by Crippen LogP contribution is -2.10.